The molecule has 0 aliphatic rings. The van der Waals surface area contributed by atoms with E-state index < -0.39 is 0 Å². The molecule has 0 saturated heterocycles. The number of nitrogens with zero attached hydrogens (tertiary/aromatic N) is 1. The van der Waals surface area contributed by atoms with Crippen molar-refractivity contribution < 1.29 is 0 Å². The molecule has 0 N–H and O–H groups in total. The van der Waals surface area contributed by atoms with Gasteiger partial charge in [0.15, 0.2) is 0 Å². The summed E-state index contributed by atoms with van der Waals surface area (Å²) < 4.78 is 0. The Balaban J connectivity index is 2.35. The molecule has 0 amide bonds. The number of hydrogen-bond donors (Lipinski definition) is 0. The molecule has 1 nitrogen and oxygen atoms in total. The van der Waals surface area contributed by atoms with Crippen molar-refractivity contribution in [2.75, 3.05) is 4.90 Å². The molecule has 22 heavy (non-hydrogen) atoms. The topological polar surface area (TPSA) is 3.24 Å². The molecule has 0 bridgehead atoms. The van der Waals surface area contributed by atoms with Crippen LogP contribution in [0.25, 0.3) is 5.57 Å². The van der Waals surface area contributed by atoms with E-state index in [1.165, 1.54) is 27.9 Å². The lowest BCUT2D eigenvalue weighted by Gasteiger charge is -2.24. The molecule has 2 heteroatoms. The summed E-state index contributed by atoms with van der Waals surface area (Å²) >= 11 is 5.95. The van der Waals surface area contributed by atoms with Gasteiger partial charge in [0, 0.05) is 17.3 Å². The first kappa shape index (κ1) is 16.4. The van der Waals surface area contributed by atoms with E-state index in [0.717, 1.165) is 17.1 Å². The van der Waals surface area contributed by atoms with Gasteiger partial charge in [-0.25, -0.2) is 0 Å². The second-order valence-electron chi connectivity index (χ2n) is 5.67. The van der Waals surface area contributed by atoms with Crippen LogP contribution in [0.5, 0.6) is 0 Å². The van der Waals surface area contributed by atoms with Gasteiger partial charge in [0.1, 0.15) is 0 Å². The summed E-state index contributed by atoms with van der Waals surface area (Å²) in [5.74, 6) is 0. The van der Waals surface area contributed by atoms with Crippen molar-refractivity contribution in [3.8, 4) is 0 Å². The Kier molecular flexibility index (Phi) is 5.10. The number of allylic oxidation sites excluding steroid dienone is 1. The van der Waals surface area contributed by atoms with Gasteiger partial charge >= 0.3 is 0 Å². The fraction of sp³-hybridized carbons (Fsp3) is 0.200. The summed E-state index contributed by atoms with van der Waals surface area (Å²) in [6.45, 7) is 15.1. The van der Waals surface area contributed by atoms with Crippen molar-refractivity contribution >= 4 is 22.9 Å². The highest BCUT2D eigenvalue weighted by Gasteiger charge is 2.10. The average Bonchev–Trinajstić information content (AvgIpc) is 2.48. The van der Waals surface area contributed by atoms with Crippen LogP contribution in [-0.2, 0) is 6.54 Å². The SMILES string of the molecule is C=CN(Cc1ccc(Cl)cc1)c1cc(C)c(C(=C)C)cc1C. The van der Waals surface area contributed by atoms with E-state index in [0.29, 0.717) is 0 Å². The maximum atomic E-state index is 5.95. The van der Waals surface area contributed by atoms with E-state index in [4.69, 9.17) is 11.6 Å². The largest absolute Gasteiger partial charge is 0.344 e. The van der Waals surface area contributed by atoms with Crippen LogP contribution in [-0.4, -0.2) is 0 Å². The van der Waals surface area contributed by atoms with Gasteiger partial charge in [-0.15, -0.1) is 0 Å². The molecule has 0 atom stereocenters. The van der Waals surface area contributed by atoms with Crippen molar-refractivity contribution in [1.82, 2.24) is 0 Å². The fourth-order valence-electron chi connectivity index (χ4n) is 2.60. The third-order valence-electron chi connectivity index (χ3n) is 3.80. The molecule has 0 unspecified atom stereocenters. The number of aryl methyl sites for hydroxylation is 2. The van der Waals surface area contributed by atoms with E-state index in [9.17, 15) is 0 Å². The van der Waals surface area contributed by atoms with Crippen LogP contribution in [0.1, 0.15) is 29.2 Å². The number of halogens is 1. The lowest BCUT2D eigenvalue weighted by Crippen LogP contribution is -2.16. The minimum absolute atomic E-state index is 0.756. The third kappa shape index (κ3) is 3.61. The summed E-state index contributed by atoms with van der Waals surface area (Å²) in [6, 6.07) is 12.3. The molecular weight excluding hydrogens is 290 g/mol. The van der Waals surface area contributed by atoms with E-state index >= 15 is 0 Å². The van der Waals surface area contributed by atoms with Crippen LogP contribution in [0.3, 0.4) is 0 Å². The van der Waals surface area contributed by atoms with Gasteiger partial charge < -0.3 is 4.90 Å². The Morgan fingerprint density at radius 1 is 1.14 bits per heavy atom. The second kappa shape index (κ2) is 6.85. The Labute approximate surface area is 138 Å². The zero-order chi connectivity index (χ0) is 16.3. The molecule has 2 aromatic rings. The summed E-state index contributed by atoms with van der Waals surface area (Å²) in [4.78, 5) is 2.16. The lowest BCUT2D eigenvalue weighted by molar-refractivity contribution is 0.961. The fourth-order valence-corrected chi connectivity index (χ4v) is 2.73. The zero-order valence-corrected chi connectivity index (χ0v) is 14.2. The molecule has 2 aromatic carbocycles. The van der Waals surface area contributed by atoms with Crippen LogP contribution in [0.15, 0.2) is 55.8 Å². The van der Waals surface area contributed by atoms with E-state index in [-0.39, 0.29) is 0 Å². The number of hydrogen-bond acceptors (Lipinski definition) is 1. The maximum Gasteiger partial charge on any atom is 0.0475 e. The third-order valence-corrected chi connectivity index (χ3v) is 4.05. The first-order chi connectivity index (χ1) is 10.4. The van der Waals surface area contributed by atoms with Gasteiger partial charge in [-0.2, -0.15) is 0 Å². The Bertz CT molecular complexity index is 698. The highest BCUT2D eigenvalue weighted by atomic mass is 35.5. The summed E-state index contributed by atoms with van der Waals surface area (Å²) in [7, 11) is 0. The van der Waals surface area contributed by atoms with Crippen LogP contribution < -0.4 is 4.90 Å². The standard InChI is InChI=1S/C20H22ClN/c1-6-22(13-17-7-9-18(21)10-8-17)20-12-15(4)19(14(2)3)11-16(20)5/h6-12H,1-2,13H2,3-5H3. The molecular formula is C20H22ClN. The molecule has 0 aliphatic heterocycles. The second-order valence-corrected chi connectivity index (χ2v) is 6.11. The van der Waals surface area contributed by atoms with E-state index in [1.807, 2.05) is 37.4 Å². The van der Waals surface area contributed by atoms with Crippen molar-refractivity contribution in [2.24, 2.45) is 0 Å². The Morgan fingerprint density at radius 2 is 1.77 bits per heavy atom. The quantitative estimate of drug-likeness (QED) is 0.641. The van der Waals surface area contributed by atoms with Gasteiger partial charge in [-0.05, 0) is 73.5 Å². The highest BCUT2D eigenvalue weighted by molar-refractivity contribution is 6.30. The Hall–Kier alpha value is -1.99. The van der Waals surface area contributed by atoms with Crippen LogP contribution in [0.2, 0.25) is 5.02 Å². The molecule has 2 rings (SSSR count). The molecule has 114 valence electrons. The highest BCUT2D eigenvalue weighted by Crippen LogP contribution is 2.29. The smallest absolute Gasteiger partial charge is 0.0475 e. The van der Waals surface area contributed by atoms with Gasteiger partial charge in [-0.1, -0.05) is 42.5 Å². The van der Waals surface area contributed by atoms with Gasteiger partial charge in [0.25, 0.3) is 0 Å². The predicted molar refractivity (Wildman–Crippen MR) is 98.5 cm³/mol. The molecule has 0 heterocycles. The van der Waals surface area contributed by atoms with Crippen LogP contribution >= 0.6 is 11.6 Å². The van der Waals surface area contributed by atoms with Crippen molar-refractivity contribution in [3.63, 3.8) is 0 Å². The van der Waals surface area contributed by atoms with E-state index in [1.54, 1.807) is 0 Å². The Morgan fingerprint density at radius 3 is 2.32 bits per heavy atom. The minimum Gasteiger partial charge on any atom is -0.344 e. The van der Waals surface area contributed by atoms with E-state index in [2.05, 4.69) is 44.0 Å². The molecule has 0 aliphatic carbocycles. The summed E-state index contributed by atoms with van der Waals surface area (Å²) in [5, 5.41) is 0.756. The van der Waals surface area contributed by atoms with Crippen LogP contribution in [0.4, 0.5) is 5.69 Å². The van der Waals surface area contributed by atoms with Gasteiger partial charge in [-0.3, -0.25) is 0 Å². The normalized spacial score (nSPS) is 10.4. The summed E-state index contributed by atoms with van der Waals surface area (Å²) in [6.07, 6.45) is 1.87. The van der Waals surface area contributed by atoms with Gasteiger partial charge in [0.2, 0.25) is 0 Å². The number of rotatable bonds is 5. The maximum absolute atomic E-state index is 5.95. The zero-order valence-electron chi connectivity index (χ0n) is 13.5. The van der Waals surface area contributed by atoms with Gasteiger partial charge in [0.05, 0.1) is 0 Å². The molecule has 0 saturated carbocycles. The number of benzene rings is 2. The lowest BCUT2D eigenvalue weighted by atomic mass is 9.98. The first-order valence-electron chi connectivity index (χ1n) is 7.33. The number of anilines is 1. The monoisotopic (exact) mass is 311 g/mol. The predicted octanol–water partition coefficient (Wildman–Crippen LogP) is 6.14. The molecule has 0 aromatic heterocycles. The minimum atomic E-state index is 0.756. The van der Waals surface area contributed by atoms with Crippen molar-refractivity contribution in [1.29, 1.82) is 0 Å². The molecule has 0 radical (unpaired) electrons. The summed E-state index contributed by atoms with van der Waals surface area (Å²) in [5.41, 5.74) is 7.14. The van der Waals surface area contributed by atoms with Crippen molar-refractivity contribution in [2.45, 2.75) is 27.3 Å². The average molecular weight is 312 g/mol. The first-order valence-corrected chi connectivity index (χ1v) is 7.71. The molecule has 0 spiro atoms. The van der Waals surface area contributed by atoms with Crippen molar-refractivity contribution in [3.05, 3.63) is 83.0 Å². The van der Waals surface area contributed by atoms with Crippen LogP contribution in [0, 0.1) is 13.8 Å². The molecule has 0 fully saturated rings.